The van der Waals surface area contributed by atoms with Crippen molar-refractivity contribution in [3.8, 4) is 0 Å². The molecule has 3 heteroatoms. The molecule has 82 valence electrons. The molecule has 0 aromatic heterocycles. The quantitative estimate of drug-likeness (QED) is 0.796. The fourth-order valence-electron chi connectivity index (χ4n) is 1.88. The number of anilines is 1. The van der Waals surface area contributed by atoms with E-state index in [1.807, 2.05) is 0 Å². The summed E-state index contributed by atoms with van der Waals surface area (Å²) < 4.78 is 5.54. The minimum atomic E-state index is 0.319. The first-order valence-corrected chi connectivity index (χ1v) is 6.55. The zero-order valence-electron chi connectivity index (χ0n) is 9.19. The molecule has 0 saturated carbocycles. The molecule has 0 aliphatic carbocycles. The highest BCUT2D eigenvalue weighted by molar-refractivity contribution is 7.98. The molecular formula is C12H17NOS. The average Bonchev–Trinajstić information content (AvgIpc) is 2.65. The smallest absolute Gasteiger partial charge is 0.0748 e. The van der Waals surface area contributed by atoms with Gasteiger partial charge in [-0.05, 0) is 31.7 Å². The highest BCUT2D eigenvalue weighted by Crippen LogP contribution is 2.27. The first-order chi connectivity index (χ1) is 7.31. The van der Waals surface area contributed by atoms with Crippen LogP contribution in [0.5, 0.6) is 0 Å². The molecule has 0 amide bonds. The predicted octanol–water partition coefficient (Wildman–Crippen LogP) is 3.00. The lowest BCUT2D eigenvalue weighted by atomic mass is 10.1. The molecule has 1 N–H and O–H groups in total. The van der Waals surface area contributed by atoms with E-state index < -0.39 is 0 Å². The third kappa shape index (κ3) is 2.47. The van der Waals surface area contributed by atoms with Gasteiger partial charge in [0, 0.05) is 17.2 Å². The Hall–Kier alpha value is -0.670. The highest BCUT2D eigenvalue weighted by atomic mass is 32.2. The van der Waals surface area contributed by atoms with Crippen LogP contribution >= 0.6 is 11.8 Å². The van der Waals surface area contributed by atoms with Gasteiger partial charge >= 0.3 is 0 Å². The summed E-state index contributed by atoms with van der Waals surface area (Å²) in [5.74, 6) is 0. The van der Waals surface area contributed by atoms with Crippen LogP contribution in [0, 0.1) is 0 Å². The number of para-hydroxylation sites is 1. The third-order valence-electron chi connectivity index (χ3n) is 2.82. The second-order valence-corrected chi connectivity index (χ2v) is 4.66. The Bertz CT molecular complexity index is 329. The molecule has 1 aromatic carbocycles. The lowest BCUT2D eigenvalue weighted by Crippen LogP contribution is -2.26. The summed E-state index contributed by atoms with van der Waals surface area (Å²) in [5, 5.41) is 3.56. The summed E-state index contributed by atoms with van der Waals surface area (Å²) in [5.41, 5.74) is 1.23. The maximum absolute atomic E-state index is 5.54. The second kappa shape index (κ2) is 4.90. The molecule has 2 nitrogen and oxygen atoms in total. The van der Waals surface area contributed by atoms with Crippen molar-refractivity contribution in [3.63, 3.8) is 0 Å². The summed E-state index contributed by atoms with van der Waals surface area (Å²) in [6.45, 7) is 3.01. The van der Waals surface area contributed by atoms with E-state index in [0.29, 0.717) is 12.1 Å². The van der Waals surface area contributed by atoms with Gasteiger partial charge in [0.1, 0.15) is 0 Å². The van der Waals surface area contributed by atoms with E-state index in [2.05, 4.69) is 42.8 Å². The molecule has 0 bridgehead atoms. The molecule has 15 heavy (non-hydrogen) atoms. The zero-order chi connectivity index (χ0) is 10.7. The Morgan fingerprint density at radius 1 is 1.40 bits per heavy atom. The van der Waals surface area contributed by atoms with Crippen LogP contribution in [0.15, 0.2) is 29.2 Å². The minimum Gasteiger partial charge on any atom is -0.379 e. The molecule has 1 aliphatic rings. The Kier molecular flexibility index (Phi) is 3.54. The number of nitrogens with one attached hydrogen (secondary N) is 1. The lowest BCUT2D eigenvalue weighted by Gasteiger charge is -2.19. The van der Waals surface area contributed by atoms with Crippen molar-refractivity contribution in [3.05, 3.63) is 24.3 Å². The van der Waals surface area contributed by atoms with Gasteiger partial charge in [-0.15, -0.1) is 11.8 Å². The second-order valence-electron chi connectivity index (χ2n) is 3.82. The van der Waals surface area contributed by atoms with Crippen molar-refractivity contribution >= 4 is 17.4 Å². The van der Waals surface area contributed by atoms with Crippen LogP contribution < -0.4 is 5.32 Å². The Morgan fingerprint density at radius 2 is 2.20 bits per heavy atom. The molecule has 0 radical (unpaired) electrons. The van der Waals surface area contributed by atoms with E-state index in [-0.39, 0.29) is 0 Å². The van der Waals surface area contributed by atoms with E-state index in [1.165, 1.54) is 10.6 Å². The number of benzene rings is 1. The number of hydrogen-bond acceptors (Lipinski definition) is 3. The Labute approximate surface area is 95.4 Å². The third-order valence-corrected chi connectivity index (χ3v) is 3.62. The molecule has 1 saturated heterocycles. The number of hydrogen-bond donors (Lipinski definition) is 1. The molecule has 2 rings (SSSR count). The van der Waals surface area contributed by atoms with E-state index in [1.54, 1.807) is 11.8 Å². The molecule has 2 unspecified atom stereocenters. The fourth-order valence-corrected chi connectivity index (χ4v) is 2.45. The first kappa shape index (κ1) is 10.8. The van der Waals surface area contributed by atoms with E-state index in [9.17, 15) is 0 Å². The van der Waals surface area contributed by atoms with Gasteiger partial charge in [0.25, 0.3) is 0 Å². The molecule has 2 atom stereocenters. The Balaban J connectivity index is 2.09. The van der Waals surface area contributed by atoms with Gasteiger partial charge in [-0.2, -0.15) is 0 Å². The van der Waals surface area contributed by atoms with Crippen LogP contribution in [-0.2, 0) is 4.74 Å². The fraction of sp³-hybridized carbons (Fsp3) is 0.500. The number of rotatable bonds is 3. The van der Waals surface area contributed by atoms with Gasteiger partial charge in [-0.25, -0.2) is 0 Å². The van der Waals surface area contributed by atoms with Crippen LogP contribution in [0.4, 0.5) is 5.69 Å². The van der Waals surface area contributed by atoms with Crippen molar-refractivity contribution < 1.29 is 4.74 Å². The number of ether oxygens (including phenoxy) is 1. The monoisotopic (exact) mass is 223 g/mol. The summed E-state index contributed by atoms with van der Waals surface area (Å²) in [4.78, 5) is 1.30. The molecule has 1 heterocycles. The molecule has 0 spiro atoms. The largest absolute Gasteiger partial charge is 0.379 e. The SMILES string of the molecule is CSc1ccccc1NC1CCOC1C. The van der Waals surface area contributed by atoms with E-state index >= 15 is 0 Å². The van der Waals surface area contributed by atoms with Crippen molar-refractivity contribution in [2.45, 2.75) is 30.4 Å². The summed E-state index contributed by atoms with van der Waals surface area (Å²) >= 11 is 1.78. The summed E-state index contributed by atoms with van der Waals surface area (Å²) in [6.07, 6.45) is 3.53. The van der Waals surface area contributed by atoms with Gasteiger partial charge < -0.3 is 10.1 Å². The van der Waals surface area contributed by atoms with Gasteiger partial charge in [0.2, 0.25) is 0 Å². The predicted molar refractivity (Wildman–Crippen MR) is 65.7 cm³/mol. The summed E-state index contributed by atoms with van der Waals surface area (Å²) in [6, 6.07) is 8.89. The maximum Gasteiger partial charge on any atom is 0.0748 e. The van der Waals surface area contributed by atoms with Crippen LogP contribution in [0.1, 0.15) is 13.3 Å². The van der Waals surface area contributed by atoms with Crippen LogP contribution in [-0.4, -0.2) is 25.0 Å². The van der Waals surface area contributed by atoms with Gasteiger partial charge in [0.05, 0.1) is 12.1 Å². The minimum absolute atomic E-state index is 0.319. The molecule has 1 fully saturated rings. The standard InChI is InChI=1S/C12H17NOS/c1-9-10(7-8-14-9)13-11-5-3-4-6-12(11)15-2/h3-6,9-10,13H,7-8H2,1-2H3. The van der Waals surface area contributed by atoms with Crippen molar-refractivity contribution in [1.29, 1.82) is 0 Å². The van der Waals surface area contributed by atoms with E-state index in [0.717, 1.165) is 13.0 Å². The zero-order valence-corrected chi connectivity index (χ0v) is 10.0. The highest BCUT2D eigenvalue weighted by Gasteiger charge is 2.24. The van der Waals surface area contributed by atoms with Gasteiger partial charge in [0.15, 0.2) is 0 Å². The first-order valence-electron chi connectivity index (χ1n) is 5.32. The molecule has 1 aromatic rings. The van der Waals surface area contributed by atoms with Crippen LogP contribution in [0.2, 0.25) is 0 Å². The molecule has 1 aliphatic heterocycles. The lowest BCUT2D eigenvalue weighted by molar-refractivity contribution is 0.121. The average molecular weight is 223 g/mol. The molecular weight excluding hydrogens is 206 g/mol. The maximum atomic E-state index is 5.54. The normalized spacial score (nSPS) is 25.5. The van der Waals surface area contributed by atoms with Crippen LogP contribution in [0.25, 0.3) is 0 Å². The van der Waals surface area contributed by atoms with Crippen LogP contribution in [0.3, 0.4) is 0 Å². The number of thioether (sulfide) groups is 1. The van der Waals surface area contributed by atoms with E-state index in [4.69, 9.17) is 4.74 Å². The summed E-state index contributed by atoms with van der Waals surface area (Å²) in [7, 11) is 0. The van der Waals surface area contributed by atoms with Crippen molar-refractivity contribution in [2.75, 3.05) is 18.2 Å². The van der Waals surface area contributed by atoms with Gasteiger partial charge in [-0.1, -0.05) is 12.1 Å². The van der Waals surface area contributed by atoms with Crippen molar-refractivity contribution in [1.82, 2.24) is 0 Å². The van der Waals surface area contributed by atoms with Crippen molar-refractivity contribution in [2.24, 2.45) is 0 Å². The van der Waals surface area contributed by atoms with Gasteiger partial charge in [-0.3, -0.25) is 0 Å². The Morgan fingerprint density at radius 3 is 2.87 bits per heavy atom. The topological polar surface area (TPSA) is 21.3 Å².